The molecule has 0 saturated carbocycles. The van der Waals surface area contributed by atoms with Crippen molar-refractivity contribution < 1.29 is 13.2 Å². The van der Waals surface area contributed by atoms with Crippen LogP contribution in [0.5, 0.6) is 0 Å². The quantitative estimate of drug-likeness (QED) is 0.693. The van der Waals surface area contributed by atoms with Crippen LogP contribution in [-0.4, -0.2) is 49.4 Å². The van der Waals surface area contributed by atoms with Crippen LogP contribution >= 0.6 is 0 Å². The number of amides is 1. The van der Waals surface area contributed by atoms with Crippen molar-refractivity contribution in [1.29, 1.82) is 0 Å². The highest BCUT2D eigenvalue weighted by Crippen LogP contribution is 2.09. The van der Waals surface area contributed by atoms with E-state index in [1.807, 2.05) is 51.1 Å². The van der Waals surface area contributed by atoms with Gasteiger partial charge in [-0.05, 0) is 18.4 Å². The zero-order valence-corrected chi connectivity index (χ0v) is 15.3. The molecule has 1 rings (SSSR count). The fourth-order valence-electron chi connectivity index (χ4n) is 2.36. The highest BCUT2D eigenvalue weighted by atomic mass is 32.2. The summed E-state index contributed by atoms with van der Waals surface area (Å²) in [5, 5.41) is 0. The fourth-order valence-corrected chi connectivity index (χ4v) is 3.35. The van der Waals surface area contributed by atoms with E-state index < -0.39 is 10.0 Å². The van der Waals surface area contributed by atoms with Gasteiger partial charge in [-0.3, -0.25) is 4.79 Å². The van der Waals surface area contributed by atoms with Gasteiger partial charge in [-0.15, -0.1) is 0 Å². The number of hydrogen-bond donors (Lipinski definition) is 0. The number of nitrogens with zero attached hydrogens (tertiary/aromatic N) is 2. The fraction of sp³-hybridized carbons (Fsp3) is 0.588. The summed E-state index contributed by atoms with van der Waals surface area (Å²) in [6.07, 6.45) is 1.40. The normalized spacial score (nSPS) is 11.9. The molecular formula is C17H28N2O3S. The molecule has 0 radical (unpaired) electrons. The first-order chi connectivity index (χ1) is 10.7. The van der Waals surface area contributed by atoms with E-state index in [0.717, 1.165) is 5.56 Å². The van der Waals surface area contributed by atoms with Crippen molar-refractivity contribution in [2.75, 3.05) is 25.9 Å². The van der Waals surface area contributed by atoms with Gasteiger partial charge in [0.15, 0.2) is 0 Å². The molecule has 0 aliphatic rings. The van der Waals surface area contributed by atoms with Crippen molar-refractivity contribution in [3.05, 3.63) is 35.9 Å². The summed E-state index contributed by atoms with van der Waals surface area (Å²) in [5.74, 6) is 0.209. The third kappa shape index (κ3) is 7.14. The maximum atomic E-state index is 12.4. The number of hydrogen-bond acceptors (Lipinski definition) is 3. The van der Waals surface area contributed by atoms with E-state index in [4.69, 9.17) is 0 Å². The largest absolute Gasteiger partial charge is 0.339 e. The van der Waals surface area contributed by atoms with Crippen LogP contribution in [0, 0.1) is 5.92 Å². The van der Waals surface area contributed by atoms with E-state index in [1.54, 1.807) is 4.90 Å². The van der Waals surface area contributed by atoms with E-state index in [-0.39, 0.29) is 24.8 Å². The molecule has 0 N–H and O–H groups in total. The molecule has 0 fully saturated rings. The Morgan fingerprint density at radius 1 is 1.17 bits per heavy atom. The van der Waals surface area contributed by atoms with Crippen molar-refractivity contribution in [2.24, 2.45) is 5.92 Å². The lowest BCUT2D eigenvalue weighted by Crippen LogP contribution is -2.38. The number of sulfonamides is 1. The van der Waals surface area contributed by atoms with Crippen LogP contribution in [0.2, 0.25) is 0 Å². The number of carbonyl (C=O) groups excluding carboxylic acids is 1. The van der Waals surface area contributed by atoms with Gasteiger partial charge in [-0.2, -0.15) is 0 Å². The highest BCUT2D eigenvalue weighted by Gasteiger charge is 2.20. The second kappa shape index (κ2) is 9.03. The summed E-state index contributed by atoms with van der Waals surface area (Å²) < 4.78 is 25.0. The zero-order chi connectivity index (χ0) is 17.5. The first-order valence-electron chi connectivity index (χ1n) is 8.00. The van der Waals surface area contributed by atoms with Gasteiger partial charge in [0.1, 0.15) is 0 Å². The first kappa shape index (κ1) is 19.6. The van der Waals surface area contributed by atoms with Gasteiger partial charge in [0, 0.05) is 32.6 Å². The summed E-state index contributed by atoms with van der Waals surface area (Å²) in [5.41, 5.74) is 1.07. The van der Waals surface area contributed by atoms with Crippen LogP contribution in [-0.2, 0) is 21.4 Å². The lowest BCUT2D eigenvalue weighted by Gasteiger charge is -2.25. The average molecular weight is 340 g/mol. The Labute approximate surface area is 140 Å². The molecule has 5 nitrogen and oxygen atoms in total. The molecule has 0 aromatic heterocycles. The SMILES string of the molecule is CCN(Cc1ccccc1)C(=O)CCN(CC(C)C)S(C)(=O)=O. The smallest absolute Gasteiger partial charge is 0.224 e. The maximum Gasteiger partial charge on any atom is 0.224 e. The van der Waals surface area contributed by atoms with Gasteiger partial charge in [-0.25, -0.2) is 12.7 Å². The van der Waals surface area contributed by atoms with Crippen LogP contribution < -0.4 is 0 Å². The third-order valence-corrected chi connectivity index (χ3v) is 4.83. The highest BCUT2D eigenvalue weighted by molar-refractivity contribution is 7.88. The van der Waals surface area contributed by atoms with E-state index in [2.05, 4.69) is 0 Å². The Kier molecular flexibility index (Phi) is 7.72. The second-order valence-electron chi connectivity index (χ2n) is 6.16. The zero-order valence-electron chi connectivity index (χ0n) is 14.5. The van der Waals surface area contributed by atoms with Crippen molar-refractivity contribution in [2.45, 2.75) is 33.7 Å². The summed E-state index contributed by atoms with van der Waals surface area (Å²) in [6.45, 7) is 7.71. The van der Waals surface area contributed by atoms with Gasteiger partial charge in [-0.1, -0.05) is 44.2 Å². The van der Waals surface area contributed by atoms with Crippen LogP contribution in [0.3, 0.4) is 0 Å². The molecule has 0 heterocycles. The van der Waals surface area contributed by atoms with E-state index in [0.29, 0.717) is 19.6 Å². The van der Waals surface area contributed by atoms with Gasteiger partial charge in [0.25, 0.3) is 0 Å². The van der Waals surface area contributed by atoms with Crippen molar-refractivity contribution in [3.8, 4) is 0 Å². The molecular weight excluding hydrogens is 312 g/mol. The number of benzene rings is 1. The minimum atomic E-state index is -3.28. The predicted molar refractivity (Wildman–Crippen MR) is 93.4 cm³/mol. The Morgan fingerprint density at radius 3 is 2.26 bits per heavy atom. The molecule has 6 heteroatoms. The van der Waals surface area contributed by atoms with Crippen LogP contribution in [0.25, 0.3) is 0 Å². The van der Waals surface area contributed by atoms with E-state index in [9.17, 15) is 13.2 Å². The molecule has 0 saturated heterocycles. The Hall–Kier alpha value is -1.40. The number of carbonyl (C=O) groups is 1. The lowest BCUT2D eigenvalue weighted by molar-refractivity contribution is -0.131. The maximum absolute atomic E-state index is 12.4. The topological polar surface area (TPSA) is 57.7 Å². The molecule has 0 aliphatic carbocycles. The molecule has 1 aromatic carbocycles. The summed E-state index contributed by atoms with van der Waals surface area (Å²) in [7, 11) is -3.28. The Bertz CT molecular complexity index is 585. The standard InChI is InChI=1S/C17H28N2O3S/c1-5-18(14-16-9-7-6-8-10-16)17(20)11-12-19(13-15(2)3)23(4,21)22/h6-10,15H,5,11-14H2,1-4H3. The molecule has 0 atom stereocenters. The Balaban J connectivity index is 2.64. The molecule has 130 valence electrons. The van der Waals surface area contributed by atoms with Gasteiger partial charge >= 0.3 is 0 Å². The Morgan fingerprint density at radius 2 is 1.78 bits per heavy atom. The lowest BCUT2D eigenvalue weighted by atomic mass is 10.2. The van der Waals surface area contributed by atoms with E-state index in [1.165, 1.54) is 10.6 Å². The molecule has 0 unspecified atom stereocenters. The van der Waals surface area contributed by atoms with Gasteiger partial charge in [0.05, 0.1) is 6.26 Å². The average Bonchev–Trinajstić information content (AvgIpc) is 2.48. The van der Waals surface area contributed by atoms with Crippen molar-refractivity contribution in [1.82, 2.24) is 9.21 Å². The molecule has 0 spiro atoms. The third-order valence-electron chi connectivity index (χ3n) is 3.56. The van der Waals surface area contributed by atoms with Gasteiger partial charge in [0.2, 0.25) is 15.9 Å². The van der Waals surface area contributed by atoms with Crippen molar-refractivity contribution >= 4 is 15.9 Å². The minimum absolute atomic E-state index is 0.0197. The van der Waals surface area contributed by atoms with E-state index >= 15 is 0 Å². The number of rotatable bonds is 9. The minimum Gasteiger partial charge on any atom is -0.339 e. The van der Waals surface area contributed by atoms with Crippen LogP contribution in [0.15, 0.2) is 30.3 Å². The summed E-state index contributed by atoms with van der Waals surface area (Å²) in [6, 6.07) is 9.80. The molecule has 0 aliphatic heterocycles. The molecule has 1 amide bonds. The summed E-state index contributed by atoms with van der Waals surface area (Å²) in [4.78, 5) is 14.2. The molecule has 23 heavy (non-hydrogen) atoms. The first-order valence-corrected chi connectivity index (χ1v) is 9.85. The predicted octanol–water partition coefficient (Wildman–Crippen LogP) is 2.34. The van der Waals surface area contributed by atoms with Crippen LogP contribution in [0.4, 0.5) is 0 Å². The summed E-state index contributed by atoms with van der Waals surface area (Å²) >= 11 is 0. The van der Waals surface area contributed by atoms with Crippen LogP contribution in [0.1, 0.15) is 32.8 Å². The molecule has 1 aromatic rings. The molecule has 0 bridgehead atoms. The second-order valence-corrected chi connectivity index (χ2v) is 8.14. The monoisotopic (exact) mass is 340 g/mol. The van der Waals surface area contributed by atoms with Crippen molar-refractivity contribution in [3.63, 3.8) is 0 Å². The van der Waals surface area contributed by atoms with Gasteiger partial charge < -0.3 is 4.90 Å².